The van der Waals surface area contributed by atoms with Gasteiger partial charge in [-0.25, -0.2) is 18.1 Å². The SMILES string of the molecule is CS(=O)(=O)CCCOc1cccc2c1cnn2-c1ccnc(N[C@H]2CC[C@H](C(=O)N3CCCC3)CC2)n1. The van der Waals surface area contributed by atoms with Crippen LogP contribution in [-0.4, -0.2) is 76.7 Å². The highest BCUT2D eigenvalue weighted by Crippen LogP contribution is 2.30. The van der Waals surface area contributed by atoms with Crippen molar-refractivity contribution in [2.45, 2.75) is 51.0 Å². The molecule has 3 aromatic rings. The lowest BCUT2D eigenvalue weighted by molar-refractivity contribution is -0.135. The van der Waals surface area contributed by atoms with Crippen molar-refractivity contribution in [1.29, 1.82) is 0 Å². The molecule has 2 fully saturated rings. The van der Waals surface area contributed by atoms with Crippen LogP contribution < -0.4 is 10.1 Å². The van der Waals surface area contributed by atoms with Crippen LogP contribution in [0.1, 0.15) is 44.9 Å². The summed E-state index contributed by atoms with van der Waals surface area (Å²) in [7, 11) is -3.01. The van der Waals surface area contributed by atoms with Crippen molar-refractivity contribution in [3.63, 3.8) is 0 Å². The Hall–Kier alpha value is -3.21. The van der Waals surface area contributed by atoms with Gasteiger partial charge in [-0.05, 0) is 57.1 Å². The first kappa shape index (κ1) is 25.4. The van der Waals surface area contributed by atoms with Gasteiger partial charge in [-0.2, -0.15) is 10.1 Å². The summed E-state index contributed by atoms with van der Waals surface area (Å²) in [6.45, 7) is 2.14. The molecule has 1 aliphatic carbocycles. The lowest BCUT2D eigenvalue weighted by Gasteiger charge is -2.30. The Morgan fingerprint density at radius 2 is 1.92 bits per heavy atom. The molecular formula is C26H34N6O4S. The maximum absolute atomic E-state index is 12.7. The van der Waals surface area contributed by atoms with Gasteiger partial charge < -0.3 is 15.0 Å². The first-order chi connectivity index (χ1) is 17.9. The monoisotopic (exact) mass is 526 g/mol. The van der Waals surface area contributed by atoms with Gasteiger partial charge in [-0.3, -0.25) is 4.79 Å². The van der Waals surface area contributed by atoms with E-state index < -0.39 is 9.84 Å². The molecule has 0 atom stereocenters. The zero-order valence-corrected chi connectivity index (χ0v) is 22.0. The average Bonchev–Trinajstić information content (AvgIpc) is 3.57. The lowest BCUT2D eigenvalue weighted by Crippen LogP contribution is -2.37. The van der Waals surface area contributed by atoms with Gasteiger partial charge in [0, 0.05) is 43.6 Å². The van der Waals surface area contributed by atoms with Crippen LogP contribution in [0.4, 0.5) is 5.95 Å². The van der Waals surface area contributed by atoms with Crippen LogP contribution >= 0.6 is 0 Å². The van der Waals surface area contributed by atoms with Gasteiger partial charge >= 0.3 is 0 Å². The van der Waals surface area contributed by atoms with Gasteiger partial charge in [0.2, 0.25) is 11.9 Å². The van der Waals surface area contributed by atoms with E-state index >= 15 is 0 Å². The van der Waals surface area contributed by atoms with E-state index in [9.17, 15) is 13.2 Å². The highest BCUT2D eigenvalue weighted by Gasteiger charge is 2.30. The van der Waals surface area contributed by atoms with Crippen LogP contribution in [0.25, 0.3) is 16.7 Å². The van der Waals surface area contributed by atoms with E-state index in [2.05, 4.69) is 15.4 Å². The van der Waals surface area contributed by atoms with E-state index in [-0.39, 0.29) is 17.7 Å². The molecule has 198 valence electrons. The largest absolute Gasteiger partial charge is 0.493 e. The number of benzene rings is 1. The van der Waals surface area contributed by atoms with Crippen molar-refractivity contribution >= 4 is 32.6 Å². The normalized spacial score (nSPS) is 20.3. The molecule has 1 saturated heterocycles. The van der Waals surface area contributed by atoms with Gasteiger partial charge in [0.05, 0.1) is 29.5 Å². The molecule has 2 aliphatic rings. The molecule has 11 heteroatoms. The Bertz CT molecular complexity index is 1340. The summed E-state index contributed by atoms with van der Waals surface area (Å²) in [5.41, 5.74) is 0.839. The lowest BCUT2D eigenvalue weighted by atomic mass is 9.85. The molecule has 37 heavy (non-hydrogen) atoms. The summed E-state index contributed by atoms with van der Waals surface area (Å²) in [4.78, 5) is 23.9. The fraction of sp³-hybridized carbons (Fsp3) is 0.538. The summed E-state index contributed by atoms with van der Waals surface area (Å²) in [6, 6.07) is 7.73. The zero-order chi connectivity index (χ0) is 25.8. The van der Waals surface area contributed by atoms with Gasteiger partial charge in [0.15, 0.2) is 5.82 Å². The average molecular weight is 527 g/mol. The van der Waals surface area contributed by atoms with Crippen molar-refractivity contribution in [1.82, 2.24) is 24.6 Å². The highest BCUT2D eigenvalue weighted by molar-refractivity contribution is 7.90. The second kappa shape index (κ2) is 11.0. The number of anilines is 1. The molecule has 1 amide bonds. The second-order valence-corrected chi connectivity index (χ2v) is 12.3. The molecule has 0 spiro atoms. The van der Waals surface area contributed by atoms with Crippen molar-refractivity contribution in [3.05, 3.63) is 36.7 Å². The van der Waals surface area contributed by atoms with Crippen molar-refractivity contribution < 1.29 is 17.9 Å². The smallest absolute Gasteiger partial charge is 0.225 e. The summed E-state index contributed by atoms with van der Waals surface area (Å²) in [5, 5.41) is 8.81. The summed E-state index contributed by atoms with van der Waals surface area (Å²) in [5.74, 6) is 2.41. The number of carbonyl (C=O) groups is 1. The molecule has 1 aliphatic heterocycles. The molecule has 0 bridgehead atoms. The summed E-state index contributed by atoms with van der Waals surface area (Å²) >= 11 is 0. The maximum Gasteiger partial charge on any atom is 0.225 e. The zero-order valence-electron chi connectivity index (χ0n) is 21.2. The predicted octanol–water partition coefficient (Wildman–Crippen LogP) is 3.22. The number of hydrogen-bond acceptors (Lipinski definition) is 8. The standard InChI is InChI=1S/C26H34N6O4S/c1-37(34,35)17-5-16-36-23-7-4-6-22-21(23)18-28-32(22)24-12-13-27-26(30-24)29-20-10-8-19(9-11-20)25(33)31-14-2-3-15-31/h4,6-7,12-13,18-20H,2-3,5,8-11,14-17H2,1H3,(H,27,29,30)/t19-,20-. The summed E-state index contributed by atoms with van der Waals surface area (Å²) < 4.78 is 30.3. The molecule has 5 rings (SSSR count). The van der Waals surface area contributed by atoms with Crippen LogP contribution in [0.2, 0.25) is 0 Å². The van der Waals surface area contributed by atoms with Crippen LogP contribution in [0.3, 0.4) is 0 Å². The number of amides is 1. The quantitative estimate of drug-likeness (QED) is 0.422. The fourth-order valence-corrected chi connectivity index (χ4v) is 5.88. The highest BCUT2D eigenvalue weighted by atomic mass is 32.2. The van der Waals surface area contributed by atoms with Crippen molar-refractivity contribution in [2.75, 3.05) is 37.0 Å². The van der Waals surface area contributed by atoms with Crippen LogP contribution in [0.15, 0.2) is 36.7 Å². The Morgan fingerprint density at radius 1 is 1.14 bits per heavy atom. The number of nitrogens with one attached hydrogen (secondary N) is 1. The molecule has 10 nitrogen and oxygen atoms in total. The Labute approximate surface area is 217 Å². The van der Waals surface area contributed by atoms with E-state index in [4.69, 9.17) is 9.72 Å². The molecule has 1 aromatic carbocycles. The molecule has 1 N–H and O–H groups in total. The molecule has 2 aromatic heterocycles. The van der Waals surface area contributed by atoms with E-state index in [0.29, 0.717) is 36.5 Å². The molecule has 1 saturated carbocycles. The number of nitrogens with zero attached hydrogens (tertiary/aromatic N) is 5. The van der Waals surface area contributed by atoms with Crippen LogP contribution in [0, 0.1) is 5.92 Å². The van der Waals surface area contributed by atoms with Crippen molar-refractivity contribution in [3.8, 4) is 11.6 Å². The Kier molecular flexibility index (Phi) is 7.59. The third-order valence-electron chi connectivity index (χ3n) is 7.18. The number of sulfone groups is 1. The van der Waals surface area contributed by atoms with Crippen LogP contribution in [-0.2, 0) is 14.6 Å². The minimum atomic E-state index is -3.01. The number of rotatable bonds is 9. The molecule has 0 radical (unpaired) electrons. The molecule has 0 unspecified atom stereocenters. The Balaban J connectivity index is 1.22. The van der Waals surface area contributed by atoms with E-state index in [1.165, 1.54) is 6.26 Å². The Morgan fingerprint density at radius 3 is 2.68 bits per heavy atom. The first-order valence-electron chi connectivity index (χ1n) is 13.0. The first-order valence-corrected chi connectivity index (χ1v) is 15.1. The van der Waals surface area contributed by atoms with E-state index in [1.807, 2.05) is 29.2 Å². The molecular weight excluding hydrogens is 492 g/mol. The third kappa shape index (κ3) is 6.20. The second-order valence-electron chi connectivity index (χ2n) is 10.0. The molecule has 3 heterocycles. The van der Waals surface area contributed by atoms with E-state index in [0.717, 1.165) is 62.5 Å². The maximum atomic E-state index is 12.7. The minimum Gasteiger partial charge on any atom is -0.493 e. The number of fused-ring (bicyclic) bond motifs is 1. The van der Waals surface area contributed by atoms with Gasteiger partial charge in [0.25, 0.3) is 0 Å². The number of carbonyl (C=O) groups excluding carboxylic acids is 1. The van der Waals surface area contributed by atoms with Crippen molar-refractivity contribution in [2.24, 2.45) is 5.92 Å². The number of ether oxygens (including phenoxy) is 1. The topological polar surface area (TPSA) is 119 Å². The fourth-order valence-electron chi connectivity index (χ4n) is 5.24. The van der Waals surface area contributed by atoms with E-state index in [1.54, 1.807) is 17.1 Å². The van der Waals surface area contributed by atoms with Gasteiger partial charge in [-0.15, -0.1) is 0 Å². The van der Waals surface area contributed by atoms with Gasteiger partial charge in [0.1, 0.15) is 15.6 Å². The summed E-state index contributed by atoms with van der Waals surface area (Å²) in [6.07, 6.45) is 11.0. The third-order valence-corrected chi connectivity index (χ3v) is 8.21. The predicted molar refractivity (Wildman–Crippen MR) is 142 cm³/mol. The van der Waals surface area contributed by atoms with Crippen LogP contribution in [0.5, 0.6) is 5.75 Å². The number of likely N-dealkylation sites (tertiary alicyclic amines) is 1. The van der Waals surface area contributed by atoms with Gasteiger partial charge in [-0.1, -0.05) is 6.07 Å². The number of aromatic nitrogens is 4. The minimum absolute atomic E-state index is 0.0926. The number of hydrogen-bond donors (Lipinski definition) is 1.